The van der Waals surface area contributed by atoms with Crippen LogP contribution in [0.4, 0.5) is 15.9 Å². The second-order valence-corrected chi connectivity index (χ2v) is 7.43. The number of aromatic nitrogens is 3. The number of imidazole rings is 1. The maximum absolute atomic E-state index is 13.3. The lowest BCUT2D eigenvalue weighted by Gasteiger charge is -2.11. The minimum absolute atomic E-state index is 0. The Bertz CT molecular complexity index is 1260. The van der Waals surface area contributed by atoms with Gasteiger partial charge in [0.1, 0.15) is 5.82 Å². The van der Waals surface area contributed by atoms with Crippen molar-refractivity contribution in [3.8, 4) is 11.3 Å². The number of anilines is 2. The van der Waals surface area contributed by atoms with Crippen LogP contribution >= 0.6 is 12.4 Å². The van der Waals surface area contributed by atoms with E-state index in [4.69, 9.17) is 10.5 Å². The molecule has 0 spiro atoms. The third kappa shape index (κ3) is 5.69. The van der Waals surface area contributed by atoms with Crippen molar-refractivity contribution in [2.75, 3.05) is 31.6 Å². The molecule has 0 fully saturated rings. The Morgan fingerprint density at radius 2 is 1.94 bits per heavy atom. The third-order valence-electron chi connectivity index (χ3n) is 5.10. The van der Waals surface area contributed by atoms with Crippen molar-refractivity contribution >= 4 is 35.5 Å². The van der Waals surface area contributed by atoms with Crippen LogP contribution in [-0.2, 0) is 4.74 Å². The maximum atomic E-state index is 13.3. The van der Waals surface area contributed by atoms with Gasteiger partial charge in [-0.2, -0.15) is 0 Å². The Hall–Kier alpha value is -3.53. The SMILES string of the molecule is Cc1cc(Nc2nccn3c(-c4ccc(F)cc4)cnc23)ccc1C(=O)NCCOCCN.Cl. The van der Waals surface area contributed by atoms with Gasteiger partial charge in [-0.25, -0.2) is 14.4 Å². The lowest BCUT2D eigenvalue weighted by molar-refractivity contribution is 0.0919. The Labute approximate surface area is 202 Å². The van der Waals surface area contributed by atoms with Gasteiger partial charge in [0.15, 0.2) is 11.5 Å². The van der Waals surface area contributed by atoms with Crippen LogP contribution in [0.15, 0.2) is 61.1 Å². The molecule has 2 aromatic heterocycles. The molecular formula is C24H26ClFN6O2. The first-order valence-electron chi connectivity index (χ1n) is 10.6. The summed E-state index contributed by atoms with van der Waals surface area (Å²) in [5.41, 5.74) is 9.87. The van der Waals surface area contributed by atoms with Crippen LogP contribution < -0.4 is 16.4 Å². The zero-order valence-corrected chi connectivity index (χ0v) is 19.4. The number of carbonyl (C=O) groups excluding carboxylic acids is 1. The number of amides is 1. The molecule has 0 aliphatic heterocycles. The highest BCUT2D eigenvalue weighted by molar-refractivity contribution is 5.96. The van der Waals surface area contributed by atoms with Crippen LogP contribution in [0, 0.1) is 12.7 Å². The van der Waals surface area contributed by atoms with Crippen LogP contribution in [-0.4, -0.2) is 46.6 Å². The summed E-state index contributed by atoms with van der Waals surface area (Å²) in [6.45, 7) is 3.64. The highest BCUT2D eigenvalue weighted by atomic mass is 35.5. The molecule has 0 bridgehead atoms. The minimum Gasteiger partial charge on any atom is -0.378 e. The van der Waals surface area contributed by atoms with E-state index in [0.29, 0.717) is 43.3 Å². The largest absolute Gasteiger partial charge is 0.378 e. The first-order valence-corrected chi connectivity index (χ1v) is 10.6. The summed E-state index contributed by atoms with van der Waals surface area (Å²) in [7, 11) is 0. The van der Waals surface area contributed by atoms with Gasteiger partial charge in [0.25, 0.3) is 5.91 Å². The van der Waals surface area contributed by atoms with E-state index in [1.807, 2.05) is 29.7 Å². The summed E-state index contributed by atoms with van der Waals surface area (Å²) in [6, 6.07) is 11.7. The Morgan fingerprint density at radius 1 is 1.15 bits per heavy atom. The molecule has 0 saturated carbocycles. The summed E-state index contributed by atoms with van der Waals surface area (Å²) in [6.07, 6.45) is 5.21. The zero-order valence-electron chi connectivity index (χ0n) is 18.6. The van der Waals surface area contributed by atoms with Gasteiger partial charge in [0.05, 0.1) is 25.1 Å². The average molecular weight is 485 g/mol. The van der Waals surface area contributed by atoms with E-state index in [9.17, 15) is 9.18 Å². The summed E-state index contributed by atoms with van der Waals surface area (Å²) in [4.78, 5) is 21.4. The van der Waals surface area contributed by atoms with Gasteiger partial charge < -0.3 is 21.1 Å². The van der Waals surface area contributed by atoms with Crippen molar-refractivity contribution in [3.63, 3.8) is 0 Å². The maximum Gasteiger partial charge on any atom is 0.251 e. The first kappa shape index (κ1) is 25.1. The van der Waals surface area contributed by atoms with Crippen molar-refractivity contribution in [3.05, 3.63) is 78.0 Å². The number of ether oxygens (including phenoxy) is 1. The predicted molar refractivity (Wildman–Crippen MR) is 132 cm³/mol. The van der Waals surface area contributed by atoms with Gasteiger partial charge in [-0.15, -0.1) is 12.4 Å². The highest BCUT2D eigenvalue weighted by Gasteiger charge is 2.13. The van der Waals surface area contributed by atoms with Gasteiger partial charge in [0, 0.05) is 42.3 Å². The molecule has 4 aromatic rings. The smallest absolute Gasteiger partial charge is 0.251 e. The first-order chi connectivity index (χ1) is 16.1. The molecule has 1 amide bonds. The number of fused-ring (bicyclic) bond motifs is 1. The van der Waals surface area contributed by atoms with Gasteiger partial charge in [0.2, 0.25) is 0 Å². The van der Waals surface area contributed by atoms with Gasteiger partial charge in [-0.3, -0.25) is 9.20 Å². The average Bonchev–Trinajstić information content (AvgIpc) is 3.25. The van der Waals surface area contributed by atoms with E-state index in [2.05, 4.69) is 20.6 Å². The van der Waals surface area contributed by atoms with Crippen LogP contribution in [0.2, 0.25) is 0 Å². The number of nitrogens with two attached hydrogens (primary N) is 1. The van der Waals surface area contributed by atoms with Crippen molar-refractivity contribution in [2.24, 2.45) is 5.73 Å². The van der Waals surface area contributed by atoms with Crippen LogP contribution in [0.5, 0.6) is 0 Å². The van der Waals surface area contributed by atoms with Gasteiger partial charge in [-0.1, -0.05) is 0 Å². The molecule has 178 valence electrons. The third-order valence-corrected chi connectivity index (χ3v) is 5.10. The lowest BCUT2D eigenvalue weighted by atomic mass is 10.1. The molecule has 10 heteroatoms. The normalized spacial score (nSPS) is 10.7. The summed E-state index contributed by atoms with van der Waals surface area (Å²) in [5, 5.41) is 6.12. The Morgan fingerprint density at radius 3 is 2.68 bits per heavy atom. The number of benzene rings is 2. The highest BCUT2D eigenvalue weighted by Crippen LogP contribution is 2.26. The number of aryl methyl sites for hydroxylation is 1. The fraction of sp³-hybridized carbons (Fsp3) is 0.208. The molecule has 0 unspecified atom stereocenters. The molecule has 0 aliphatic carbocycles. The van der Waals surface area contributed by atoms with E-state index in [1.54, 1.807) is 30.6 Å². The summed E-state index contributed by atoms with van der Waals surface area (Å²) < 4.78 is 20.5. The number of rotatable bonds is 9. The molecule has 0 radical (unpaired) electrons. The molecular weight excluding hydrogens is 459 g/mol. The lowest BCUT2D eigenvalue weighted by Crippen LogP contribution is -2.28. The monoisotopic (exact) mass is 484 g/mol. The second-order valence-electron chi connectivity index (χ2n) is 7.43. The second kappa shape index (κ2) is 11.6. The fourth-order valence-electron chi connectivity index (χ4n) is 3.49. The number of nitrogens with one attached hydrogen (secondary N) is 2. The van der Waals surface area contributed by atoms with E-state index in [0.717, 1.165) is 22.5 Å². The fourth-order valence-corrected chi connectivity index (χ4v) is 3.49. The number of hydrogen-bond acceptors (Lipinski definition) is 6. The molecule has 34 heavy (non-hydrogen) atoms. The quantitative estimate of drug-likeness (QED) is 0.313. The molecule has 4 N–H and O–H groups in total. The molecule has 2 heterocycles. The summed E-state index contributed by atoms with van der Waals surface area (Å²) in [5.74, 6) is 0.122. The van der Waals surface area contributed by atoms with Crippen LogP contribution in [0.3, 0.4) is 0 Å². The molecule has 8 nitrogen and oxygen atoms in total. The van der Waals surface area contributed by atoms with E-state index in [-0.39, 0.29) is 24.1 Å². The summed E-state index contributed by atoms with van der Waals surface area (Å²) >= 11 is 0. The van der Waals surface area contributed by atoms with Crippen molar-refractivity contribution < 1.29 is 13.9 Å². The van der Waals surface area contributed by atoms with Crippen LogP contribution in [0.1, 0.15) is 15.9 Å². The predicted octanol–water partition coefficient (Wildman–Crippen LogP) is 3.71. The standard InChI is InChI=1S/C24H25FN6O2.ClH/c1-16-14-19(6-7-20(16)24(32)28-10-13-33-12-8-26)30-22-23-29-15-21(31(23)11-9-27-22)17-2-4-18(25)5-3-17;/h2-7,9,11,14-15H,8,10,12-13,26H2,1H3,(H,27,30)(H,28,32);1H. The minimum atomic E-state index is -0.288. The zero-order chi connectivity index (χ0) is 23.2. The van der Waals surface area contributed by atoms with Crippen molar-refractivity contribution in [1.29, 1.82) is 0 Å². The number of halogens is 2. The van der Waals surface area contributed by atoms with E-state index >= 15 is 0 Å². The van der Waals surface area contributed by atoms with E-state index < -0.39 is 0 Å². The number of hydrogen-bond donors (Lipinski definition) is 3. The van der Waals surface area contributed by atoms with Crippen molar-refractivity contribution in [2.45, 2.75) is 6.92 Å². The molecule has 4 rings (SSSR count). The Balaban J connectivity index is 0.00000324. The molecule has 0 saturated heterocycles. The Kier molecular flexibility index (Phi) is 8.53. The molecule has 0 aliphatic rings. The van der Waals surface area contributed by atoms with Crippen LogP contribution in [0.25, 0.3) is 16.9 Å². The molecule has 0 atom stereocenters. The van der Waals surface area contributed by atoms with Gasteiger partial charge >= 0.3 is 0 Å². The van der Waals surface area contributed by atoms with E-state index in [1.165, 1.54) is 12.1 Å². The number of carbonyl (C=O) groups is 1. The number of nitrogens with zero attached hydrogens (tertiary/aromatic N) is 3. The van der Waals surface area contributed by atoms with Crippen molar-refractivity contribution in [1.82, 2.24) is 19.7 Å². The molecule has 2 aromatic carbocycles. The topological polar surface area (TPSA) is 107 Å². The van der Waals surface area contributed by atoms with Gasteiger partial charge in [-0.05, 0) is 55.0 Å².